The molecule has 0 saturated heterocycles. The Morgan fingerprint density at radius 2 is 2.38 bits per heavy atom. The predicted molar refractivity (Wildman–Crippen MR) is 54.7 cm³/mol. The molecule has 1 aliphatic rings. The first kappa shape index (κ1) is 10.5. The van der Waals surface area contributed by atoms with Crippen molar-refractivity contribution in [3.63, 3.8) is 0 Å². The molecule has 0 aromatic heterocycles. The minimum Gasteiger partial charge on any atom is -0.501 e. The van der Waals surface area contributed by atoms with Crippen molar-refractivity contribution < 1.29 is 4.74 Å². The minimum atomic E-state index is 0.440. The number of nitrogens with one attached hydrogen (secondary N) is 1. The Kier molecular flexibility index (Phi) is 4.25. The maximum Gasteiger partial charge on any atom is 0.0876 e. The zero-order chi connectivity index (χ0) is 9.68. The summed E-state index contributed by atoms with van der Waals surface area (Å²) in [5.74, 6) is 0. The van der Waals surface area contributed by atoms with Crippen LogP contribution >= 0.6 is 0 Å². The summed E-state index contributed by atoms with van der Waals surface area (Å²) in [7, 11) is 6.19. The van der Waals surface area contributed by atoms with Crippen LogP contribution in [-0.2, 0) is 4.74 Å². The third-order valence-corrected chi connectivity index (χ3v) is 2.31. The van der Waals surface area contributed by atoms with Gasteiger partial charge in [-0.3, -0.25) is 0 Å². The van der Waals surface area contributed by atoms with E-state index in [-0.39, 0.29) is 0 Å². The summed E-state index contributed by atoms with van der Waals surface area (Å²) in [4.78, 5) is 2.19. The molecule has 0 radical (unpaired) electrons. The standard InChI is InChI=1S/C10H20N2O/c1-11-10(7-12(2)3)9-5-4-6-13-8-9/h8,10-11H,4-7H2,1-3H3. The summed E-state index contributed by atoms with van der Waals surface area (Å²) in [5, 5.41) is 3.31. The molecule has 0 spiro atoms. The van der Waals surface area contributed by atoms with Gasteiger partial charge in [0.15, 0.2) is 0 Å². The van der Waals surface area contributed by atoms with Crippen LogP contribution in [0.1, 0.15) is 12.8 Å². The SMILES string of the molecule is CNC(CN(C)C)C1=COCCC1. The lowest BCUT2D eigenvalue weighted by Crippen LogP contribution is -2.38. The summed E-state index contributed by atoms with van der Waals surface area (Å²) in [6, 6.07) is 0.440. The Labute approximate surface area is 80.8 Å². The molecule has 3 nitrogen and oxygen atoms in total. The van der Waals surface area contributed by atoms with E-state index in [0.29, 0.717) is 6.04 Å². The Balaban J connectivity index is 2.49. The fraction of sp³-hybridized carbons (Fsp3) is 0.800. The summed E-state index contributed by atoms with van der Waals surface area (Å²) >= 11 is 0. The van der Waals surface area contributed by atoms with Gasteiger partial charge in [-0.2, -0.15) is 0 Å². The molecule has 1 unspecified atom stereocenters. The molecule has 0 aliphatic carbocycles. The van der Waals surface area contributed by atoms with Crippen LogP contribution in [-0.4, -0.2) is 45.2 Å². The number of hydrogen-bond acceptors (Lipinski definition) is 3. The second-order valence-corrected chi connectivity index (χ2v) is 3.77. The third kappa shape index (κ3) is 3.36. The zero-order valence-electron chi connectivity index (χ0n) is 8.84. The van der Waals surface area contributed by atoms with Crippen LogP contribution in [0.15, 0.2) is 11.8 Å². The highest BCUT2D eigenvalue weighted by atomic mass is 16.5. The number of ether oxygens (including phenoxy) is 1. The molecular formula is C10H20N2O. The van der Waals surface area contributed by atoms with Gasteiger partial charge in [-0.15, -0.1) is 0 Å². The first-order valence-corrected chi connectivity index (χ1v) is 4.86. The van der Waals surface area contributed by atoms with Gasteiger partial charge in [-0.05, 0) is 39.6 Å². The average Bonchev–Trinajstić information content (AvgIpc) is 2.15. The molecule has 1 heterocycles. The molecule has 3 heteroatoms. The second kappa shape index (κ2) is 5.25. The number of hydrogen-bond donors (Lipinski definition) is 1. The van der Waals surface area contributed by atoms with Crippen LogP contribution in [0.5, 0.6) is 0 Å². The van der Waals surface area contributed by atoms with E-state index in [1.165, 1.54) is 12.0 Å². The molecule has 0 aromatic carbocycles. The first-order chi connectivity index (χ1) is 6.24. The average molecular weight is 184 g/mol. The summed E-state index contributed by atoms with van der Waals surface area (Å²) < 4.78 is 5.33. The van der Waals surface area contributed by atoms with E-state index in [1.807, 2.05) is 13.3 Å². The van der Waals surface area contributed by atoms with Crippen LogP contribution in [0, 0.1) is 0 Å². The molecule has 0 fully saturated rings. The minimum absolute atomic E-state index is 0.440. The molecule has 76 valence electrons. The van der Waals surface area contributed by atoms with E-state index in [2.05, 4.69) is 24.3 Å². The fourth-order valence-corrected chi connectivity index (χ4v) is 1.60. The van der Waals surface area contributed by atoms with Crippen molar-refractivity contribution in [3.8, 4) is 0 Å². The molecule has 1 aliphatic heterocycles. The van der Waals surface area contributed by atoms with E-state index in [1.54, 1.807) is 0 Å². The molecular weight excluding hydrogens is 164 g/mol. The lowest BCUT2D eigenvalue weighted by molar-refractivity contribution is 0.216. The van der Waals surface area contributed by atoms with Crippen molar-refractivity contribution >= 4 is 0 Å². The van der Waals surface area contributed by atoms with Crippen LogP contribution in [0.3, 0.4) is 0 Å². The molecule has 1 rings (SSSR count). The normalized spacial score (nSPS) is 19.5. The lowest BCUT2D eigenvalue weighted by atomic mass is 10.0. The van der Waals surface area contributed by atoms with Crippen LogP contribution in [0.4, 0.5) is 0 Å². The van der Waals surface area contributed by atoms with Gasteiger partial charge < -0.3 is 15.0 Å². The van der Waals surface area contributed by atoms with Crippen molar-refractivity contribution in [3.05, 3.63) is 11.8 Å². The molecule has 0 saturated carbocycles. The monoisotopic (exact) mass is 184 g/mol. The van der Waals surface area contributed by atoms with Crippen LogP contribution < -0.4 is 5.32 Å². The maximum absolute atomic E-state index is 5.33. The molecule has 1 atom stereocenters. The van der Waals surface area contributed by atoms with E-state index >= 15 is 0 Å². The van der Waals surface area contributed by atoms with E-state index in [9.17, 15) is 0 Å². The van der Waals surface area contributed by atoms with Gasteiger partial charge in [0.25, 0.3) is 0 Å². The van der Waals surface area contributed by atoms with Crippen molar-refractivity contribution in [1.82, 2.24) is 10.2 Å². The van der Waals surface area contributed by atoms with Crippen molar-refractivity contribution in [2.75, 3.05) is 34.3 Å². The van der Waals surface area contributed by atoms with E-state index in [0.717, 1.165) is 19.6 Å². The molecule has 1 N–H and O–H groups in total. The number of nitrogens with zero attached hydrogens (tertiary/aromatic N) is 1. The Morgan fingerprint density at radius 1 is 1.62 bits per heavy atom. The van der Waals surface area contributed by atoms with Gasteiger partial charge in [-0.25, -0.2) is 0 Å². The highest BCUT2D eigenvalue weighted by Crippen LogP contribution is 2.15. The van der Waals surface area contributed by atoms with E-state index < -0.39 is 0 Å². The second-order valence-electron chi connectivity index (χ2n) is 3.77. The predicted octanol–water partition coefficient (Wildman–Crippen LogP) is 0.830. The van der Waals surface area contributed by atoms with Crippen LogP contribution in [0.25, 0.3) is 0 Å². The Morgan fingerprint density at radius 3 is 2.85 bits per heavy atom. The lowest BCUT2D eigenvalue weighted by Gasteiger charge is -2.25. The van der Waals surface area contributed by atoms with Gasteiger partial charge >= 0.3 is 0 Å². The largest absolute Gasteiger partial charge is 0.501 e. The van der Waals surface area contributed by atoms with Gasteiger partial charge in [-0.1, -0.05) is 0 Å². The highest BCUT2D eigenvalue weighted by molar-refractivity contribution is 5.10. The molecule has 0 amide bonds. The van der Waals surface area contributed by atoms with Crippen molar-refractivity contribution in [2.45, 2.75) is 18.9 Å². The van der Waals surface area contributed by atoms with Gasteiger partial charge in [0.1, 0.15) is 0 Å². The van der Waals surface area contributed by atoms with E-state index in [4.69, 9.17) is 4.74 Å². The Bertz CT molecular complexity index is 178. The fourth-order valence-electron chi connectivity index (χ4n) is 1.60. The summed E-state index contributed by atoms with van der Waals surface area (Å²) in [6.07, 6.45) is 4.24. The van der Waals surface area contributed by atoms with Gasteiger partial charge in [0, 0.05) is 12.6 Å². The smallest absolute Gasteiger partial charge is 0.0876 e. The molecule has 0 aromatic rings. The zero-order valence-corrected chi connectivity index (χ0v) is 8.84. The summed E-state index contributed by atoms with van der Waals surface area (Å²) in [6.45, 7) is 1.91. The van der Waals surface area contributed by atoms with Crippen molar-refractivity contribution in [1.29, 1.82) is 0 Å². The first-order valence-electron chi connectivity index (χ1n) is 4.86. The summed E-state index contributed by atoms with van der Waals surface area (Å²) in [5.41, 5.74) is 1.39. The van der Waals surface area contributed by atoms with Gasteiger partial charge in [0.2, 0.25) is 0 Å². The third-order valence-electron chi connectivity index (χ3n) is 2.31. The van der Waals surface area contributed by atoms with Crippen LogP contribution in [0.2, 0.25) is 0 Å². The highest BCUT2D eigenvalue weighted by Gasteiger charge is 2.15. The number of rotatable bonds is 4. The quantitative estimate of drug-likeness (QED) is 0.700. The van der Waals surface area contributed by atoms with Gasteiger partial charge in [0.05, 0.1) is 12.9 Å². The molecule has 0 bridgehead atoms. The Hall–Kier alpha value is -0.540. The maximum atomic E-state index is 5.33. The molecule has 13 heavy (non-hydrogen) atoms. The number of likely N-dealkylation sites (N-methyl/N-ethyl adjacent to an activating group) is 2. The topological polar surface area (TPSA) is 24.5 Å². The van der Waals surface area contributed by atoms with Crippen molar-refractivity contribution in [2.24, 2.45) is 0 Å².